The van der Waals surface area contributed by atoms with Crippen LogP contribution < -0.4 is 0 Å². The third kappa shape index (κ3) is 1.98. The molecule has 0 saturated carbocycles. The van der Waals surface area contributed by atoms with E-state index in [0.29, 0.717) is 0 Å². The fraction of sp³-hybridized carbons (Fsp3) is 0.417. The van der Waals surface area contributed by atoms with Crippen LogP contribution in [0.2, 0.25) is 0 Å². The maximum absolute atomic E-state index is 13.6. The number of hydrogen-bond donors (Lipinski definition) is 0. The van der Waals surface area contributed by atoms with E-state index in [4.69, 9.17) is 0 Å². The normalized spacial score (nSPS) is 20.1. The van der Waals surface area contributed by atoms with Gasteiger partial charge in [0.2, 0.25) is 0 Å². The third-order valence-corrected chi connectivity index (χ3v) is 4.14. The van der Waals surface area contributed by atoms with Gasteiger partial charge in [-0.1, -0.05) is 6.07 Å². The average Bonchev–Trinajstić information content (AvgIpc) is 2.79. The third-order valence-electron chi connectivity index (χ3n) is 2.76. The van der Waals surface area contributed by atoms with Crippen molar-refractivity contribution in [1.29, 1.82) is 0 Å². The van der Waals surface area contributed by atoms with E-state index in [-0.39, 0.29) is 22.2 Å². The van der Waals surface area contributed by atoms with Crippen LogP contribution in [0, 0.1) is 18.6 Å². The van der Waals surface area contributed by atoms with Crippen LogP contribution in [0.1, 0.15) is 28.8 Å². The smallest absolute Gasteiger partial charge is 0.178 e. The summed E-state index contributed by atoms with van der Waals surface area (Å²) in [5.74, 6) is -1.27. The van der Waals surface area contributed by atoms with Gasteiger partial charge >= 0.3 is 0 Å². The molecular formula is C12H12F2OS. The quantitative estimate of drug-likeness (QED) is 0.740. The summed E-state index contributed by atoms with van der Waals surface area (Å²) in [6.45, 7) is 1.48. The van der Waals surface area contributed by atoms with Gasteiger partial charge in [0.05, 0.1) is 10.8 Å². The zero-order valence-corrected chi connectivity index (χ0v) is 9.74. The van der Waals surface area contributed by atoms with Crippen molar-refractivity contribution in [3.8, 4) is 0 Å². The molecule has 1 fully saturated rings. The van der Waals surface area contributed by atoms with Crippen LogP contribution in [-0.4, -0.2) is 16.8 Å². The Hall–Kier alpha value is -0.900. The van der Waals surface area contributed by atoms with Crippen LogP contribution in [0.3, 0.4) is 0 Å². The minimum absolute atomic E-state index is 0.109. The van der Waals surface area contributed by atoms with Gasteiger partial charge in [-0.15, -0.1) is 0 Å². The molecule has 0 radical (unpaired) electrons. The molecule has 0 aliphatic carbocycles. The Bertz CT molecular complexity index is 425. The largest absolute Gasteiger partial charge is 0.293 e. The van der Waals surface area contributed by atoms with Gasteiger partial charge in [0.15, 0.2) is 17.4 Å². The molecule has 1 atom stereocenters. The lowest BCUT2D eigenvalue weighted by molar-refractivity contribution is 0.0983. The molecule has 1 aromatic carbocycles. The number of thioether (sulfide) groups is 1. The predicted octanol–water partition coefficient (Wildman–Crippen LogP) is 3.35. The van der Waals surface area contributed by atoms with Gasteiger partial charge in [-0.05, 0) is 37.1 Å². The van der Waals surface area contributed by atoms with E-state index in [2.05, 4.69) is 0 Å². The summed E-state index contributed by atoms with van der Waals surface area (Å²) < 4.78 is 26.9. The lowest BCUT2D eigenvalue weighted by atomic mass is 10.0. The highest BCUT2D eigenvalue weighted by Gasteiger charge is 2.27. The van der Waals surface area contributed by atoms with Crippen molar-refractivity contribution < 1.29 is 13.6 Å². The number of ketones is 1. The first-order valence-electron chi connectivity index (χ1n) is 5.21. The number of aryl methyl sites for hydroxylation is 1. The number of hydrogen-bond acceptors (Lipinski definition) is 2. The summed E-state index contributed by atoms with van der Waals surface area (Å²) in [7, 11) is 0. The highest BCUT2D eigenvalue weighted by molar-refractivity contribution is 8.00. The summed E-state index contributed by atoms with van der Waals surface area (Å²) in [6, 6.07) is 2.83. The Kier molecular flexibility index (Phi) is 3.28. The summed E-state index contributed by atoms with van der Waals surface area (Å²) in [4.78, 5) is 11.9. The maximum atomic E-state index is 13.6. The zero-order chi connectivity index (χ0) is 11.7. The van der Waals surface area contributed by atoms with Gasteiger partial charge in [-0.25, -0.2) is 8.78 Å². The number of halogens is 2. The van der Waals surface area contributed by atoms with Crippen molar-refractivity contribution in [1.82, 2.24) is 0 Å². The van der Waals surface area contributed by atoms with Crippen LogP contribution in [0.5, 0.6) is 0 Å². The van der Waals surface area contributed by atoms with E-state index in [0.717, 1.165) is 18.6 Å². The highest BCUT2D eigenvalue weighted by Crippen LogP contribution is 2.30. The second-order valence-corrected chi connectivity index (χ2v) is 5.23. The van der Waals surface area contributed by atoms with Crippen molar-refractivity contribution in [3.05, 3.63) is 34.9 Å². The Balaban J connectivity index is 2.33. The molecule has 1 aliphatic rings. The topological polar surface area (TPSA) is 17.1 Å². The molecule has 16 heavy (non-hydrogen) atoms. The Morgan fingerprint density at radius 1 is 1.38 bits per heavy atom. The van der Waals surface area contributed by atoms with Gasteiger partial charge in [-0.3, -0.25) is 4.79 Å². The Morgan fingerprint density at radius 2 is 2.12 bits per heavy atom. The molecule has 2 rings (SSSR count). The van der Waals surface area contributed by atoms with Gasteiger partial charge < -0.3 is 0 Å². The average molecular weight is 242 g/mol. The van der Waals surface area contributed by atoms with E-state index in [1.165, 1.54) is 30.8 Å². The van der Waals surface area contributed by atoms with Gasteiger partial charge in [0.1, 0.15) is 0 Å². The highest BCUT2D eigenvalue weighted by atomic mass is 32.2. The Morgan fingerprint density at radius 3 is 2.75 bits per heavy atom. The van der Waals surface area contributed by atoms with Crippen molar-refractivity contribution >= 4 is 17.5 Å². The molecule has 86 valence electrons. The maximum Gasteiger partial charge on any atom is 0.178 e. The number of rotatable bonds is 2. The first-order chi connectivity index (χ1) is 7.61. The van der Waals surface area contributed by atoms with E-state index >= 15 is 0 Å². The molecule has 0 aromatic heterocycles. The van der Waals surface area contributed by atoms with Gasteiger partial charge in [0.25, 0.3) is 0 Å². The minimum atomic E-state index is -1.00. The Labute approximate surface area is 97.2 Å². The van der Waals surface area contributed by atoms with Crippen LogP contribution in [0.4, 0.5) is 8.78 Å². The zero-order valence-electron chi connectivity index (χ0n) is 8.93. The van der Waals surface area contributed by atoms with Crippen molar-refractivity contribution in [2.24, 2.45) is 0 Å². The number of Topliss-reactive ketones (excluding diaryl/α,β-unsaturated/α-hetero) is 1. The van der Waals surface area contributed by atoms with Crippen molar-refractivity contribution in [3.63, 3.8) is 0 Å². The van der Waals surface area contributed by atoms with E-state index in [1.54, 1.807) is 0 Å². The lowest BCUT2D eigenvalue weighted by Crippen LogP contribution is -2.16. The first-order valence-corrected chi connectivity index (χ1v) is 6.26. The molecule has 0 N–H and O–H groups in total. The fourth-order valence-corrected chi connectivity index (χ4v) is 3.02. The molecule has 1 nitrogen and oxygen atoms in total. The van der Waals surface area contributed by atoms with E-state index in [1.807, 2.05) is 0 Å². The van der Waals surface area contributed by atoms with Crippen LogP contribution in [0.25, 0.3) is 0 Å². The molecule has 0 spiro atoms. The molecule has 1 aliphatic heterocycles. The summed E-state index contributed by atoms with van der Waals surface area (Å²) in [6.07, 6.45) is 1.73. The molecule has 1 unspecified atom stereocenters. The van der Waals surface area contributed by atoms with Crippen LogP contribution in [-0.2, 0) is 0 Å². The molecule has 1 aromatic rings. The standard InChI is InChI=1S/C12H12F2OS/c1-7-4-5-8(11(14)10(7)13)12(15)9-3-2-6-16-9/h4-5,9H,2-3,6H2,1H3. The SMILES string of the molecule is Cc1ccc(C(=O)C2CCCS2)c(F)c1F. The molecule has 1 saturated heterocycles. The lowest BCUT2D eigenvalue weighted by Gasteiger charge is -2.09. The van der Waals surface area contributed by atoms with E-state index in [9.17, 15) is 13.6 Å². The summed E-state index contributed by atoms with van der Waals surface area (Å²) >= 11 is 1.53. The molecule has 4 heteroatoms. The molecule has 1 heterocycles. The van der Waals surface area contributed by atoms with Crippen LogP contribution in [0.15, 0.2) is 12.1 Å². The van der Waals surface area contributed by atoms with Crippen molar-refractivity contribution in [2.75, 3.05) is 5.75 Å². The molecular weight excluding hydrogens is 230 g/mol. The summed E-state index contributed by atoms with van der Waals surface area (Å²) in [5, 5.41) is -0.198. The van der Waals surface area contributed by atoms with Crippen molar-refractivity contribution in [2.45, 2.75) is 25.0 Å². The van der Waals surface area contributed by atoms with Gasteiger partial charge in [-0.2, -0.15) is 11.8 Å². The molecule has 0 bridgehead atoms. The predicted molar refractivity (Wildman–Crippen MR) is 60.9 cm³/mol. The fourth-order valence-electron chi connectivity index (χ4n) is 1.79. The molecule has 0 amide bonds. The number of benzene rings is 1. The number of carbonyl (C=O) groups is 1. The second-order valence-electron chi connectivity index (χ2n) is 3.92. The monoisotopic (exact) mass is 242 g/mol. The minimum Gasteiger partial charge on any atom is -0.293 e. The second kappa shape index (κ2) is 4.53. The first kappa shape index (κ1) is 11.6. The van der Waals surface area contributed by atoms with Gasteiger partial charge in [0, 0.05) is 0 Å². The van der Waals surface area contributed by atoms with E-state index < -0.39 is 11.6 Å². The summed E-state index contributed by atoms with van der Waals surface area (Å²) in [5.41, 5.74) is 0.121. The van der Waals surface area contributed by atoms with Crippen LogP contribution >= 0.6 is 11.8 Å². The number of carbonyl (C=O) groups excluding carboxylic acids is 1.